The number of nitrogens with zero attached hydrogens (tertiary/aromatic N) is 2. The number of benzene rings is 2. The summed E-state index contributed by atoms with van der Waals surface area (Å²) in [6.45, 7) is 0. The quantitative estimate of drug-likeness (QED) is 0.462. The molecule has 0 fully saturated rings. The second kappa shape index (κ2) is 5.37. The van der Waals surface area contributed by atoms with Gasteiger partial charge in [-0.25, -0.2) is 0 Å². The Morgan fingerprint density at radius 3 is 1.61 bits per heavy atom. The molecule has 0 aliphatic heterocycles. The van der Waals surface area contributed by atoms with E-state index in [9.17, 15) is 10.4 Å². The Labute approximate surface area is 117 Å². The molecule has 0 bridgehead atoms. The largest absolute Gasteiger partial charge is 0.561 e. The average Bonchev–Trinajstić information content (AvgIpc) is 2.39. The third-order valence-corrected chi connectivity index (χ3v) is 3.04. The van der Waals surface area contributed by atoms with E-state index in [0.717, 1.165) is 4.47 Å². The fraction of sp³-hybridized carbons (Fsp3) is 0. The van der Waals surface area contributed by atoms with Crippen molar-refractivity contribution in [3.63, 3.8) is 0 Å². The van der Waals surface area contributed by atoms with Crippen molar-refractivity contribution in [3.05, 3.63) is 68.4 Å². The first kappa shape index (κ1) is 12.9. The summed E-state index contributed by atoms with van der Waals surface area (Å²) in [5.74, 6) is 0. The number of hydrogen-bond donors (Lipinski definition) is 0. The summed E-state index contributed by atoms with van der Waals surface area (Å²) in [5.41, 5.74) is 0.473. The van der Waals surface area contributed by atoms with Crippen LogP contribution in [-0.2, 0) is 0 Å². The molecule has 0 radical (unpaired) electrons. The van der Waals surface area contributed by atoms with Gasteiger partial charge in [0, 0.05) is 33.8 Å². The fourth-order valence-corrected chi connectivity index (χ4v) is 1.74. The molecular weight excluding hydrogens is 320 g/mol. The molecule has 0 spiro atoms. The molecule has 0 atom stereocenters. The fourth-order valence-electron chi connectivity index (χ4n) is 1.35. The van der Waals surface area contributed by atoms with E-state index < -0.39 is 0 Å². The number of hydrogen-bond acceptors (Lipinski definition) is 2. The van der Waals surface area contributed by atoms with Gasteiger partial charge in [0.1, 0.15) is 0 Å². The van der Waals surface area contributed by atoms with Gasteiger partial charge in [0.25, 0.3) is 11.4 Å². The molecule has 0 saturated carbocycles. The highest BCUT2D eigenvalue weighted by molar-refractivity contribution is 9.10. The van der Waals surface area contributed by atoms with Gasteiger partial charge in [-0.2, -0.15) is 0 Å². The maximum Gasteiger partial charge on any atom is 0.287 e. The molecule has 0 aliphatic rings. The van der Waals surface area contributed by atoms with Gasteiger partial charge in [-0.15, -0.1) is 0 Å². The minimum absolute atomic E-state index is 0.220. The van der Waals surface area contributed by atoms with Gasteiger partial charge in [0.2, 0.25) is 0 Å². The van der Waals surface area contributed by atoms with Crippen molar-refractivity contribution in [2.24, 2.45) is 0 Å². The Morgan fingerprint density at radius 1 is 0.778 bits per heavy atom. The summed E-state index contributed by atoms with van der Waals surface area (Å²) in [4.78, 5) is 0.537. The molecule has 2 rings (SSSR count). The summed E-state index contributed by atoms with van der Waals surface area (Å²) >= 11 is 8.97. The van der Waals surface area contributed by atoms with Crippen LogP contribution in [0.5, 0.6) is 0 Å². The first-order valence-electron chi connectivity index (χ1n) is 5.03. The molecule has 2 aromatic carbocycles. The van der Waals surface area contributed by atoms with E-state index in [-0.39, 0.29) is 21.1 Å². The van der Waals surface area contributed by atoms with E-state index in [1.54, 1.807) is 36.4 Å². The molecule has 4 nitrogen and oxygen atoms in total. The van der Waals surface area contributed by atoms with Crippen molar-refractivity contribution in [3.8, 4) is 0 Å². The van der Waals surface area contributed by atoms with Gasteiger partial charge in [-0.1, -0.05) is 27.5 Å². The van der Waals surface area contributed by atoms with Crippen molar-refractivity contribution in [2.45, 2.75) is 0 Å². The van der Waals surface area contributed by atoms with Crippen molar-refractivity contribution in [1.29, 1.82) is 0 Å². The Morgan fingerprint density at radius 2 is 1.17 bits per heavy atom. The van der Waals surface area contributed by atoms with E-state index in [2.05, 4.69) is 15.9 Å². The highest BCUT2D eigenvalue weighted by atomic mass is 79.9. The van der Waals surface area contributed by atoms with E-state index in [1.807, 2.05) is 0 Å². The van der Waals surface area contributed by atoms with Crippen LogP contribution < -0.4 is 0 Å². The van der Waals surface area contributed by atoms with Crippen molar-refractivity contribution in [2.75, 3.05) is 0 Å². The third-order valence-electron chi connectivity index (χ3n) is 2.26. The number of halogens is 2. The van der Waals surface area contributed by atoms with Crippen LogP contribution in [0.1, 0.15) is 0 Å². The Bertz CT molecular complexity index is 529. The topological polar surface area (TPSA) is 52.1 Å². The van der Waals surface area contributed by atoms with E-state index >= 15 is 0 Å². The van der Waals surface area contributed by atoms with Gasteiger partial charge in [0.05, 0.1) is 9.72 Å². The maximum atomic E-state index is 11.8. The summed E-state index contributed by atoms with van der Waals surface area (Å²) in [7, 11) is 0. The molecule has 0 unspecified atom stereocenters. The lowest BCUT2D eigenvalue weighted by molar-refractivity contribution is -0.896. The van der Waals surface area contributed by atoms with Gasteiger partial charge in [0.15, 0.2) is 0 Å². The first-order valence-corrected chi connectivity index (χ1v) is 6.20. The summed E-state index contributed by atoms with van der Waals surface area (Å²) in [6.07, 6.45) is 0. The highest BCUT2D eigenvalue weighted by Crippen LogP contribution is 2.20. The molecule has 18 heavy (non-hydrogen) atoms. The van der Waals surface area contributed by atoms with Crippen molar-refractivity contribution < 1.29 is 9.72 Å². The van der Waals surface area contributed by atoms with Crippen molar-refractivity contribution in [1.82, 2.24) is 0 Å². The monoisotopic (exact) mass is 326 g/mol. The second-order valence-electron chi connectivity index (χ2n) is 3.50. The summed E-state index contributed by atoms with van der Waals surface area (Å²) in [5, 5.41) is 24.1. The van der Waals surface area contributed by atoms with Gasteiger partial charge < -0.3 is 10.4 Å². The molecule has 92 valence electrons. The van der Waals surface area contributed by atoms with E-state index in [1.165, 1.54) is 12.1 Å². The third kappa shape index (κ3) is 2.80. The highest BCUT2D eigenvalue weighted by Gasteiger charge is 2.14. The van der Waals surface area contributed by atoms with E-state index in [4.69, 9.17) is 11.6 Å². The lowest BCUT2D eigenvalue weighted by atomic mass is 10.3. The molecule has 0 aliphatic carbocycles. The number of rotatable bonds is 2. The molecule has 0 saturated heterocycles. The molecule has 6 heteroatoms. The number of azo groups is 1. The Balaban J connectivity index is 2.40. The van der Waals surface area contributed by atoms with Crippen LogP contribution in [0.3, 0.4) is 0 Å². The first-order chi connectivity index (χ1) is 8.58. The predicted molar refractivity (Wildman–Crippen MR) is 72.2 cm³/mol. The summed E-state index contributed by atoms with van der Waals surface area (Å²) in [6, 6.07) is 12.6. The average molecular weight is 328 g/mol. The van der Waals surface area contributed by atoms with Crippen LogP contribution in [0.15, 0.2) is 53.0 Å². The van der Waals surface area contributed by atoms with Crippen LogP contribution in [-0.4, -0.2) is 9.72 Å². The molecular formula is C12H8BrClN2O2. The van der Waals surface area contributed by atoms with Crippen molar-refractivity contribution >= 4 is 38.9 Å². The molecule has 2 aromatic rings. The predicted octanol–water partition coefficient (Wildman–Crippen LogP) is 4.54. The zero-order valence-electron chi connectivity index (χ0n) is 9.09. The molecule has 0 heterocycles. The molecule has 0 aromatic heterocycles. The summed E-state index contributed by atoms with van der Waals surface area (Å²) < 4.78 is 0.837. The van der Waals surface area contributed by atoms with E-state index in [0.29, 0.717) is 5.02 Å². The van der Waals surface area contributed by atoms with Crippen LogP contribution in [0.4, 0.5) is 11.4 Å². The molecule has 0 amide bonds. The molecule has 0 N–H and O–H groups in total. The standard InChI is InChI=1S/C12H8BrClN2O2/c13-9-1-5-11(6-2-9)15(17)16(18)12-7-3-10(14)4-8-12/h1-8H/b16-15+. The van der Waals surface area contributed by atoms with Gasteiger partial charge in [-0.05, 0) is 24.3 Å². The zero-order chi connectivity index (χ0) is 13.1. The Kier molecular flexibility index (Phi) is 3.84. The second-order valence-corrected chi connectivity index (χ2v) is 4.85. The Hall–Kier alpha value is -1.59. The minimum atomic E-state index is 0.220. The van der Waals surface area contributed by atoms with Gasteiger partial charge >= 0.3 is 0 Å². The van der Waals surface area contributed by atoms with Crippen LogP contribution in [0.2, 0.25) is 5.02 Å². The SMILES string of the molecule is [O-]/[N+](c1ccc(Cl)cc1)=[N+](/[O-])c1ccc(Br)cc1. The maximum absolute atomic E-state index is 11.8. The lowest BCUT2D eigenvalue weighted by Gasteiger charge is -2.02. The van der Waals surface area contributed by atoms with Gasteiger partial charge in [-0.3, -0.25) is 0 Å². The lowest BCUT2D eigenvalue weighted by Crippen LogP contribution is -2.08. The van der Waals surface area contributed by atoms with Crippen LogP contribution in [0, 0.1) is 10.4 Å². The smallest absolute Gasteiger partial charge is 0.287 e. The normalized spacial score (nSPS) is 12.1. The van der Waals surface area contributed by atoms with Crippen LogP contribution >= 0.6 is 27.5 Å². The van der Waals surface area contributed by atoms with Crippen LogP contribution in [0.25, 0.3) is 0 Å². The minimum Gasteiger partial charge on any atom is -0.561 e. The zero-order valence-corrected chi connectivity index (χ0v) is 11.4.